The number of rotatable bonds is 4. The Morgan fingerprint density at radius 2 is 1.88 bits per heavy atom. The second-order valence-electron chi connectivity index (χ2n) is 6.21. The maximum Gasteiger partial charge on any atom is 0.418 e. The number of nitro benzene ring substituents is 1. The van der Waals surface area contributed by atoms with Crippen molar-refractivity contribution in [3.8, 4) is 0 Å². The van der Waals surface area contributed by atoms with Crippen LogP contribution < -0.4 is 4.90 Å². The van der Waals surface area contributed by atoms with Crippen LogP contribution in [0.1, 0.15) is 32.3 Å². The zero-order valence-electron chi connectivity index (χ0n) is 14.1. The molecule has 1 aliphatic rings. The van der Waals surface area contributed by atoms with Gasteiger partial charge >= 0.3 is 6.18 Å². The second-order valence-corrected chi connectivity index (χ2v) is 9.12. The van der Waals surface area contributed by atoms with Crippen molar-refractivity contribution in [3.63, 3.8) is 0 Å². The molecule has 0 amide bonds. The van der Waals surface area contributed by atoms with Crippen LogP contribution in [-0.2, 0) is 16.0 Å². The van der Waals surface area contributed by atoms with Crippen LogP contribution in [0.5, 0.6) is 0 Å². The first-order valence-electron chi connectivity index (χ1n) is 7.91. The van der Waals surface area contributed by atoms with Crippen LogP contribution in [0.4, 0.5) is 24.5 Å². The van der Waals surface area contributed by atoms with Crippen molar-refractivity contribution >= 4 is 32.8 Å². The molecule has 0 aromatic heterocycles. The number of benzene rings is 1. The van der Waals surface area contributed by atoms with Crippen LogP contribution in [0.2, 0.25) is 5.02 Å². The Balaban J connectivity index is 2.58. The molecule has 1 fully saturated rings. The van der Waals surface area contributed by atoms with Crippen molar-refractivity contribution in [2.75, 3.05) is 23.7 Å². The molecule has 0 atom stereocenters. The van der Waals surface area contributed by atoms with Gasteiger partial charge in [0.2, 0.25) is 0 Å². The van der Waals surface area contributed by atoms with E-state index in [1.807, 2.05) is 0 Å². The van der Waals surface area contributed by atoms with Gasteiger partial charge in [0, 0.05) is 19.2 Å². The number of sulfone groups is 1. The van der Waals surface area contributed by atoms with Crippen molar-refractivity contribution in [1.82, 2.24) is 0 Å². The van der Waals surface area contributed by atoms with Crippen molar-refractivity contribution in [3.05, 3.63) is 32.8 Å². The Labute approximate surface area is 154 Å². The van der Waals surface area contributed by atoms with Crippen molar-refractivity contribution in [1.29, 1.82) is 0 Å². The lowest BCUT2D eigenvalue weighted by atomic mass is 10.0. The summed E-state index contributed by atoms with van der Waals surface area (Å²) in [7, 11) is -3.43. The highest BCUT2D eigenvalue weighted by Crippen LogP contribution is 2.43. The Bertz CT molecular complexity index is 823. The van der Waals surface area contributed by atoms with Gasteiger partial charge < -0.3 is 4.90 Å². The minimum atomic E-state index is -4.83. The average molecular weight is 415 g/mol. The number of nitro groups is 1. The minimum absolute atomic E-state index is 0.0368. The molecule has 0 unspecified atom stereocenters. The SMILES string of the molecule is CCC1(CC)CN(c2cc(Cl)c(C(F)(F)F)cc2[N+](=O)[O-])CCS1(=O)=O. The van der Waals surface area contributed by atoms with Gasteiger partial charge in [0.25, 0.3) is 5.69 Å². The number of halogens is 4. The fraction of sp³-hybridized carbons (Fsp3) is 0.600. The molecule has 0 saturated carbocycles. The smallest absolute Gasteiger partial charge is 0.363 e. The summed E-state index contributed by atoms with van der Waals surface area (Å²) in [5.41, 5.74) is -2.15. The predicted molar refractivity (Wildman–Crippen MR) is 92.4 cm³/mol. The monoisotopic (exact) mass is 414 g/mol. The van der Waals surface area contributed by atoms with Gasteiger partial charge in [-0.05, 0) is 18.9 Å². The molecular formula is C15H18ClF3N2O4S. The number of hydrogen-bond acceptors (Lipinski definition) is 5. The number of anilines is 1. The lowest BCUT2D eigenvalue weighted by Crippen LogP contribution is -2.56. The van der Waals surface area contributed by atoms with E-state index in [4.69, 9.17) is 11.6 Å². The van der Waals surface area contributed by atoms with E-state index in [0.717, 1.165) is 6.07 Å². The second kappa shape index (κ2) is 6.88. The van der Waals surface area contributed by atoms with E-state index in [1.165, 1.54) is 4.90 Å². The number of alkyl halides is 3. The Morgan fingerprint density at radius 3 is 2.35 bits per heavy atom. The average Bonchev–Trinajstić information content (AvgIpc) is 2.53. The molecule has 1 aliphatic heterocycles. The van der Waals surface area contributed by atoms with Crippen LogP contribution in [0.15, 0.2) is 12.1 Å². The molecule has 2 rings (SSSR count). The largest absolute Gasteiger partial charge is 0.418 e. The fourth-order valence-corrected chi connectivity index (χ4v) is 5.65. The summed E-state index contributed by atoms with van der Waals surface area (Å²) in [6.07, 6.45) is -4.24. The molecule has 1 heterocycles. The van der Waals surface area contributed by atoms with Crippen LogP contribution in [0.3, 0.4) is 0 Å². The van der Waals surface area contributed by atoms with E-state index < -0.39 is 42.0 Å². The third kappa shape index (κ3) is 3.48. The first-order chi connectivity index (χ1) is 11.9. The number of hydrogen-bond donors (Lipinski definition) is 0. The molecule has 1 aromatic carbocycles. The summed E-state index contributed by atoms with van der Waals surface area (Å²) < 4.78 is 62.9. The third-order valence-corrected chi connectivity index (χ3v) is 8.02. The van der Waals surface area contributed by atoms with Crippen LogP contribution in [0.25, 0.3) is 0 Å². The quantitative estimate of drug-likeness (QED) is 0.548. The van der Waals surface area contributed by atoms with Crippen LogP contribution in [0, 0.1) is 10.1 Å². The molecule has 0 aliphatic carbocycles. The van der Waals surface area contributed by atoms with E-state index in [0.29, 0.717) is 18.9 Å². The van der Waals surface area contributed by atoms with Crippen molar-refractivity contribution < 1.29 is 26.5 Å². The summed E-state index contributed by atoms with van der Waals surface area (Å²) in [5, 5.41) is 10.7. The lowest BCUT2D eigenvalue weighted by Gasteiger charge is -2.42. The summed E-state index contributed by atoms with van der Waals surface area (Å²) in [6, 6.07) is 1.30. The van der Waals surface area contributed by atoms with Gasteiger partial charge in [0.05, 0.1) is 26.0 Å². The topological polar surface area (TPSA) is 80.5 Å². The lowest BCUT2D eigenvalue weighted by molar-refractivity contribution is -0.384. The van der Waals surface area contributed by atoms with Gasteiger partial charge in [-0.2, -0.15) is 13.2 Å². The minimum Gasteiger partial charge on any atom is -0.363 e. The van der Waals surface area contributed by atoms with Gasteiger partial charge in [0.15, 0.2) is 9.84 Å². The molecule has 0 bridgehead atoms. The van der Waals surface area contributed by atoms with E-state index >= 15 is 0 Å². The molecule has 0 N–H and O–H groups in total. The van der Waals surface area contributed by atoms with Gasteiger partial charge in [-0.1, -0.05) is 25.4 Å². The predicted octanol–water partition coefficient (Wildman–Crippen LogP) is 4.06. The highest BCUT2D eigenvalue weighted by Gasteiger charge is 2.46. The van der Waals surface area contributed by atoms with Gasteiger partial charge in [-0.25, -0.2) is 8.42 Å². The maximum absolute atomic E-state index is 13.0. The van der Waals surface area contributed by atoms with Crippen molar-refractivity contribution in [2.24, 2.45) is 0 Å². The summed E-state index contributed by atoms with van der Waals surface area (Å²) >= 11 is 5.72. The molecule has 0 radical (unpaired) electrons. The van der Waals surface area contributed by atoms with Gasteiger partial charge in [0.1, 0.15) is 5.69 Å². The highest BCUT2D eigenvalue weighted by atomic mass is 35.5. The van der Waals surface area contributed by atoms with Crippen LogP contribution >= 0.6 is 11.6 Å². The normalized spacial score (nSPS) is 19.4. The molecule has 146 valence electrons. The van der Waals surface area contributed by atoms with Crippen LogP contribution in [-0.4, -0.2) is 36.9 Å². The Hall–Kier alpha value is -1.55. The zero-order valence-corrected chi connectivity index (χ0v) is 15.7. The third-order valence-electron chi connectivity index (χ3n) is 4.96. The maximum atomic E-state index is 13.0. The standard InChI is InChI=1S/C15H18ClF3N2O4S/c1-3-14(4-2)9-20(5-6-26(14,24)25)12-8-11(16)10(15(17,18)19)7-13(12)21(22)23/h7-8H,3-6,9H2,1-2H3. The van der Waals surface area contributed by atoms with E-state index in [2.05, 4.69) is 0 Å². The number of nitrogens with zero attached hydrogens (tertiary/aromatic N) is 2. The first kappa shape index (κ1) is 20.8. The molecule has 26 heavy (non-hydrogen) atoms. The molecule has 6 nitrogen and oxygen atoms in total. The molecular weight excluding hydrogens is 397 g/mol. The van der Waals surface area contributed by atoms with Gasteiger partial charge in [-0.3, -0.25) is 10.1 Å². The van der Waals surface area contributed by atoms with E-state index in [1.54, 1.807) is 13.8 Å². The summed E-state index contributed by atoms with van der Waals surface area (Å²) in [5.74, 6) is -0.232. The highest BCUT2D eigenvalue weighted by molar-refractivity contribution is 7.92. The molecule has 1 aromatic rings. The molecule has 1 saturated heterocycles. The fourth-order valence-electron chi connectivity index (χ4n) is 3.26. The van der Waals surface area contributed by atoms with E-state index in [9.17, 15) is 31.7 Å². The summed E-state index contributed by atoms with van der Waals surface area (Å²) in [6.45, 7) is 3.33. The molecule has 0 spiro atoms. The summed E-state index contributed by atoms with van der Waals surface area (Å²) in [4.78, 5) is 11.9. The van der Waals surface area contributed by atoms with Crippen molar-refractivity contribution in [2.45, 2.75) is 37.6 Å². The Morgan fingerprint density at radius 1 is 1.31 bits per heavy atom. The Kier molecular flexibility index (Phi) is 5.49. The molecule has 11 heteroatoms. The van der Waals surface area contributed by atoms with Gasteiger partial charge in [-0.15, -0.1) is 0 Å². The van der Waals surface area contributed by atoms with E-state index in [-0.39, 0.29) is 24.5 Å². The first-order valence-corrected chi connectivity index (χ1v) is 9.94. The zero-order chi connectivity index (χ0) is 19.9.